The first-order chi connectivity index (χ1) is 12.1. The molecule has 2 aromatic rings. The van der Waals surface area contributed by atoms with Crippen molar-refractivity contribution in [2.75, 3.05) is 12.3 Å². The minimum Gasteiger partial charge on any atom is -0.339 e. The van der Waals surface area contributed by atoms with Crippen LogP contribution in [0, 0.1) is 19.8 Å². The molecular weight excluding hydrogens is 330 g/mol. The van der Waals surface area contributed by atoms with Gasteiger partial charge in [-0.15, -0.1) is 0 Å². The number of carbonyl (C=O) groups is 1. The summed E-state index contributed by atoms with van der Waals surface area (Å²) in [7, 11) is 0. The molecule has 4 rings (SSSR count). The van der Waals surface area contributed by atoms with E-state index in [1.165, 1.54) is 36.8 Å². The van der Waals surface area contributed by atoms with Crippen molar-refractivity contribution in [3.05, 3.63) is 41.7 Å². The molecule has 2 aliphatic carbocycles. The quantitative estimate of drug-likeness (QED) is 0.705. The smallest absolute Gasteiger partial charge is 0.233 e. The molecule has 0 N–H and O–H groups in total. The van der Waals surface area contributed by atoms with E-state index < -0.39 is 0 Å². The third kappa shape index (κ3) is 4.09. The second kappa shape index (κ2) is 6.87. The second-order valence-electron chi connectivity index (χ2n) is 7.44. The molecule has 1 aromatic carbocycles. The van der Waals surface area contributed by atoms with E-state index in [4.69, 9.17) is 0 Å². The lowest BCUT2D eigenvalue weighted by molar-refractivity contribution is -0.129. The van der Waals surface area contributed by atoms with Gasteiger partial charge < -0.3 is 4.90 Å². The zero-order chi connectivity index (χ0) is 17.4. The fourth-order valence-electron chi connectivity index (χ4n) is 3.31. The molecule has 25 heavy (non-hydrogen) atoms. The highest BCUT2D eigenvalue weighted by atomic mass is 32.2. The maximum Gasteiger partial charge on any atom is 0.233 e. The summed E-state index contributed by atoms with van der Waals surface area (Å²) in [4.78, 5) is 19.3. The topological polar surface area (TPSA) is 38.1 Å². The zero-order valence-electron chi connectivity index (χ0n) is 14.9. The van der Waals surface area contributed by atoms with Gasteiger partial charge in [0.2, 0.25) is 5.91 Å². The molecule has 1 heterocycles. The summed E-state index contributed by atoms with van der Waals surface area (Å²) < 4.78 is 2.08. The van der Waals surface area contributed by atoms with E-state index in [0.29, 0.717) is 11.8 Å². The van der Waals surface area contributed by atoms with Crippen molar-refractivity contribution in [1.82, 2.24) is 14.5 Å². The van der Waals surface area contributed by atoms with Crippen LogP contribution in [0.15, 0.2) is 35.7 Å². The van der Waals surface area contributed by atoms with Crippen molar-refractivity contribution in [2.24, 2.45) is 5.92 Å². The van der Waals surface area contributed by atoms with E-state index in [1.807, 2.05) is 12.4 Å². The lowest BCUT2D eigenvalue weighted by atomic mass is 10.1. The summed E-state index contributed by atoms with van der Waals surface area (Å²) in [6.45, 7) is 5.18. The molecule has 1 aromatic heterocycles. The Morgan fingerprint density at radius 3 is 2.56 bits per heavy atom. The minimum absolute atomic E-state index is 0.273. The standard InChI is InChI=1S/C20H25N3OS/c1-14-9-15(2)11-18(10-14)22-8-7-21-20(22)25-13-19(24)23(17-5-6-17)12-16-3-4-16/h7-11,16-17H,3-6,12-13H2,1-2H3. The molecule has 0 aliphatic heterocycles. The van der Waals surface area contributed by atoms with E-state index in [2.05, 4.69) is 46.5 Å². The Morgan fingerprint density at radius 1 is 1.20 bits per heavy atom. The Balaban J connectivity index is 1.44. The van der Waals surface area contributed by atoms with Crippen LogP contribution in [-0.4, -0.2) is 38.7 Å². The van der Waals surface area contributed by atoms with Gasteiger partial charge in [0.15, 0.2) is 5.16 Å². The number of benzene rings is 1. The molecule has 5 heteroatoms. The Kier molecular flexibility index (Phi) is 4.59. The normalized spacial score (nSPS) is 16.9. The highest BCUT2D eigenvalue weighted by Gasteiger charge is 2.36. The van der Waals surface area contributed by atoms with Crippen molar-refractivity contribution in [1.29, 1.82) is 0 Å². The number of imidazole rings is 1. The summed E-state index contributed by atoms with van der Waals surface area (Å²) in [6.07, 6.45) is 8.74. The lowest BCUT2D eigenvalue weighted by Crippen LogP contribution is -2.36. The van der Waals surface area contributed by atoms with Gasteiger partial charge in [0.1, 0.15) is 0 Å². The van der Waals surface area contributed by atoms with Gasteiger partial charge in [0.25, 0.3) is 0 Å². The van der Waals surface area contributed by atoms with Crippen LogP contribution in [0.25, 0.3) is 5.69 Å². The molecule has 0 bridgehead atoms. The molecule has 132 valence electrons. The molecule has 0 spiro atoms. The monoisotopic (exact) mass is 355 g/mol. The van der Waals surface area contributed by atoms with Gasteiger partial charge in [-0.05, 0) is 68.7 Å². The summed E-state index contributed by atoms with van der Waals surface area (Å²) in [5.41, 5.74) is 3.59. The van der Waals surface area contributed by atoms with E-state index in [-0.39, 0.29) is 5.91 Å². The van der Waals surface area contributed by atoms with Crippen molar-refractivity contribution >= 4 is 17.7 Å². The molecular formula is C20H25N3OS. The van der Waals surface area contributed by atoms with Gasteiger partial charge in [0, 0.05) is 30.7 Å². The fourth-order valence-corrected chi connectivity index (χ4v) is 4.17. The van der Waals surface area contributed by atoms with Gasteiger partial charge in [-0.25, -0.2) is 4.98 Å². The van der Waals surface area contributed by atoms with Crippen LogP contribution in [0.3, 0.4) is 0 Å². The number of nitrogens with zero attached hydrogens (tertiary/aromatic N) is 3. The minimum atomic E-state index is 0.273. The number of amides is 1. The third-order valence-electron chi connectivity index (χ3n) is 4.88. The Morgan fingerprint density at radius 2 is 1.92 bits per heavy atom. The molecule has 0 saturated heterocycles. The molecule has 2 aliphatic rings. The van der Waals surface area contributed by atoms with Crippen molar-refractivity contribution < 1.29 is 4.79 Å². The van der Waals surface area contributed by atoms with Crippen LogP contribution in [-0.2, 0) is 4.79 Å². The predicted octanol–water partition coefficient (Wildman–Crippen LogP) is 3.98. The molecule has 1 amide bonds. The maximum atomic E-state index is 12.7. The van der Waals surface area contributed by atoms with Gasteiger partial charge in [0.05, 0.1) is 5.75 Å². The predicted molar refractivity (Wildman–Crippen MR) is 101 cm³/mol. The first kappa shape index (κ1) is 16.7. The molecule has 2 fully saturated rings. The highest BCUT2D eigenvalue weighted by Crippen LogP contribution is 2.35. The van der Waals surface area contributed by atoms with Crippen LogP contribution in [0.2, 0.25) is 0 Å². The zero-order valence-corrected chi connectivity index (χ0v) is 15.8. The third-order valence-corrected chi connectivity index (χ3v) is 5.83. The van der Waals surface area contributed by atoms with E-state index in [0.717, 1.165) is 23.3 Å². The van der Waals surface area contributed by atoms with Crippen molar-refractivity contribution in [3.8, 4) is 5.69 Å². The van der Waals surface area contributed by atoms with Crippen LogP contribution < -0.4 is 0 Å². The van der Waals surface area contributed by atoms with Gasteiger partial charge in [-0.1, -0.05) is 17.8 Å². The average Bonchev–Trinajstić information content (AvgIpc) is 3.48. The number of thioether (sulfide) groups is 1. The number of carbonyl (C=O) groups excluding carboxylic acids is 1. The lowest BCUT2D eigenvalue weighted by Gasteiger charge is -2.22. The van der Waals surface area contributed by atoms with Gasteiger partial charge in [-0.3, -0.25) is 9.36 Å². The summed E-state index contributed by atoms with van der Waals surface area (Å²) in [5, 5.41) is 0.889. The van der Waals surface area contributed by atoms with Crippen LogP contribution in [0.4, 0.5) is 0 Å². The van der Waals surface area contributed by atoms with Gasteiger partial charge in [-0.2, -0.15) is 0 Å². The van der Waals surface area contributed by atoms with Crippen LogP contribution in [0.1, 0.15) is 36.8 Å². The Hall–Kier alpha value is -1.75. The molecule has 0 atom stereocenters. The average molecular weight is 356 g/mol. The summed E-state index contributed by atoms with van der Waals surface area (Å²) in [6, 6.07) is 6.99. The van der Waals surface area contributed by atoms with Gasteiger partial charge >= 0.3 is 0 Å². The summed E-state index contributed by atoms with van der Waals surface area (Å²) in [5.74, 6) is 1.51. The largest absolute Gasteiger partial charge is 0.339 e. The Bertz CT molecular complexity index is 757. The number of aryl methyl sites for hydroxylation is 2. The number of aromatic nitrogens is 2. The SMILES string of the molecule is Cc1cc(C)cc(-n2ccnc2SCC(=O)N(CC2CC2)C2CC2)c1. The highest BCUT2D eigenvalue weighted by molar-refractivity contribution is 7.99. The van der Waals surface area contributed by atoms with Crippen molar-refractivity contribution in [3.63, 3.8) is 0 Å². The second-order valence-corrected chi connectivity index (χ2v) is 8.38. The van der Waals surface area contributed by atoms with Crippen LogP contribution >= 0.6 is 11.8 Å². The number of hydrogen-bond donors (Lipinski definition) is 0. The molecule has 0 radical (unpaired) electrons. The summed E-state index contributed by atoms with van der Waals surface area (Å²) >= 11 is 1.55. The Labute approximate surface area is 153 Å². The van der Waals surface area contributed by atoms with Crippen molar-refractivity contribution in [2.45, 2.75) is 50.7 Å². The van der Waals surface area contributed by atoms with E-state index >= 15 is 0 Å². The fraction of sp³-hybridized carbons (Fsp3) is 0.500. The van der Waals surface area contributed by atoms with Crippen LogP contribution in [0.5, 0.6) is 0 Å². The maximum absolute atomic E-state index is 12.7. The van der Waals surface area contributed by atoms with E-state index in [9.17, 15) is 4.79 Å². The molecule has 0 unspecified atom stereocenters. The number of rotatable bonds is 7. The first-order valence-corrected chi connectivity index (χ1v) is 10.1. The number of hydrogen-bond acceptors (Lipinski definition) is 3. The first-order valence-electron chi connectivity index (χ1n) is 9.14. The van der Waals surface area contributed by atoms with E-state index in [1.54, 1.807) is 11.8 Å². The molecule has 2 saturated carbocycles. The molecule has 4 nitrogen and oxygen atoms in total.